The molecule has 3 rings (SSSR count). The monoisotopic (exact) mass is 229 g/mol. The summed E-state index contributed by atoms with van der Waals surface area (Å²) in [6.07, 6.45) is 4.16. The first-order valence-electron chi connectivity index (χ1n) is 6.22. The minimum Gasteiger partial charge on any atom is -0.454 e. The lowest BCUT2D eigenvalue weighted by Gasteiger charge is -2.14. The zero-order chi connectivity index (χ0) is 12.4. The van der Waals surface area contributed by atoms with Crippen molar-refractivity contribution in [3.05, 3.63) is 35.6 Å². The van der Waals surface area contributed by atoms with Crippen molar-refractivity contribution in [1.29, 1.82) is 0 Å². The predicted molar refractivity (Wildman–Crippen MR) is 74.4 cm³/mol. The molecular weight excluding hydrogens is 210 g/mol. The van der Waals surface area contributed by atoms with E-state index in [-0.39, 0.29) is 0 Å². The van der Waals surface area contributed by atoms with Gasteiger partial charge in [0, 0.05) is 11.4 Å². The Kier molecular flexibility index (Phi) is 3.23. The molecular formula is C15H19NO. The van der Waals surface area contributed by atoms with Crippen molar-refractivity contribution < 1.29 is 4.42 Å². The van der Waals surface area contributed by atoms with Crippen molar-refractivity contribution >= 4 is 22.7 Å². The average Bonchev–Trinajstić information content (AvgIpc) is 2.69. The Morgan fingerprint density at radius 1 is 1.24 bits per heavy atom. The van der Waals surface area contributed by atoms with Crippen molar-refractivity contribution in [2.75, 3.05) is 5.32 Å². The van der Waals surface area contributed by atoms with E-state index in [1.807, 2.05) is 26.0 Å². The second-order valence-corrected chi connectivity index (χ2v) is 4.13. The summed E-state index contributed by atoms with van der Waals surface area (Å²) < 4.78 is 5.74. The molecule has 1 aliphatic rings. The van der Waals surface area contributed by atoms with Crippen LogP contribution in [-0.4, -0.2) is 6.04 Å². The molecule has 1 aromatic carbocycles. The van der Waals surface area contributed by atoms with Gasteiger partial charge in [-0.25, -0.2) is 0 Å². The van der Waals surface area contributed by atoms with Gasteiger partial charge in [0.2, 0.25) is 0 Å². The Bertz CT molecular complexity index is 551. The number of fused-ring (bicyclic) bond motifs is 3. The van der Waals surface area contributed by atoms with Gasteiger partial charge in [-0.2, -0.15) is 0 Å². The van der Waals surface area contributed by atoms with E-state index in [0.717, 1.165) is 17.0 Å². The molecule has 1 atom stereocenters. The number of furan rings is 1. The summed E-state index contributed by atoms with van der Waals surface area (Å²) in [4.78, 5) is 0. The molecule has 0 amide bonds. The predicted octanol–water partition coefficient (Wildman–Crippen LogP) is 4.59. The van der Waals surface area contributed by atoms with Gasteiger partial charge < -0.3 is 9.73 Å². The lowest BCUT2D eigenvalue weighted by Crippen LogP contribution is -2.14. The minimum absolute atomic E-state index is 0.374. The number of benzene rings is 1. The highest BCUT2D eigenvalue weighted by Gasteiger charge is 2.16. The molecule has 90 valence electrons. The number of nitrogens with one attached hydrogen (secondary N) is 1. The lowest BCUT2D eigenvalue weighted by molar-refractivity contribution is 0.602. The van der Waals surface area contributed by atoms with Gasteiger partial charge in [-0.05, 0) is 32.1 Å². The molecule has 2 nitrogen and oxygen atoms in total. The smallest absolute Gasteiger partial charge is 0.151 e. The van der Waals surface area contributed by atoms with Gasteiger partial charge in [0.25, 0.3) is 0 Å². The fourth-order valence-corrected chi connectivity index (χ4v) is 2.00. The summed E-state index contributed by atoms with van der Waals surface area (Å²) >= 11 is 0. The second kappa shape index (κ2) is 4.66. The summed E-state index contributed by atoms with van der Waals surface area (Å²) in [6, 6.07) is 6.64. The average molecular weight is 229 g/mol. The molecule has 0 bridgehead atoms. The largest absolute Gasteiger partial charge is 0.454 e. The maximum atomic E-state index is 5.74. The minimum atomic E-state index is 0.374. The molecule has 17 heavy (non-hydrogen) atoms. The van der Waals surface area contributed by atoms with Crippen LogP contribution in [0.25, 0.3) is 17.0 Å². The van der Waals surface area contributed by atoms with Crippen LogP contribution >= 0.6 is 0 Å². The lowest BCUT2D eigenvalue weighted by atomic mass is 10.1. The van der Waals surface area contributed by atoms with Crippen molar-refractivity contribution in [3.8, 4) is 0 Å². The highest BCUT2D eigenvalue weighted by atomic mass is 16.3. The van der Waals surface area contributed by atoms with E-state index in [1.54, 1.807) is 0 Å². The van der Waals surface area contributed by atoms with E-state index in [2.05, 4.69) is 37.4 Å². The molecule has 0 saturated heterocycles. The number of hydrogen-bond donors (Lipinski definition) is 1. The summed E-state index contributed by atoms with van der Waals surface area (Å²) in [5.74, 6) is 0.939. The number of rotatable bonds is 0. The summed E-state index contributed by atoms with van der Waals surface area (Å²) in [5, 5.41) is 4.61. The van der Waals surface area contributed by atoms with Crippen molar-refractivity contribution in [2.45, 2.75) is 33.7 Å². The third kappa shape index (κ3) is 2.07. The maximum absolute atomic E-state index is 5.74. The maximum Gasteiger partial charge on any atom is 0.151 e. The fourth-order valence-electron chi connectivity index (χ4n) is 2.00. The van der Waals surface area contributed by atoms with E-state index in [4.69, 9.17) is 4.42 Å². The third-order valence-corrected chi connectivity index (χ3v) is 2.78. The van der Waals surface area contributed by atoms with Gasteiger partial charge in [0.05, 0.1) is 5.69 Å². The van der Waals surface area contributed by atoms with Gasteiger partial charge in [0.1, 0.15) is 5.58 Å². The molecule has 1 unspecified atom stereocenters. The molecule has 0 aliphatic carbocycles. The molecule has 1 aliphatic heterocycles. The molecule has 1 N–H and O–H groups in total. The molecule has 1 aromatic heterocycles. The van der Waals surface area contributed by atoms with Crippen molar-refractivity contribution in [2.24, 2.45) is 0 Å². The third-order valence-electron chi connectivity index (χ3n) is 2.78. The van der Waals surface area contributed by atoms with Crippen LogP contribution in [0.15, 0.2) is 28.7 Å². The summed E-state index contributed by atoms with van der Waals surface area (Å²) in [5.41, 5.74) is 3.34. The Morgan fingerprint density at radius 2 is 2.00 bits per heavy atom. The zero-order valence-electron chi connectivity index (χ0n) is 10.9. The van der Waals surface area contributed by atoms with E-state index < -0.39 is 0 Å². The first-order valence-corrected chi connectivity index (χ1v) is 6.22. The zero-order valence-corrected chi connectivity index (χ0v) is 10.9. The van der Waals surface area contributed by atoms with Crippen LogP contribution in [-0.2, 0) is 0 Å². The Balaban J connectivity index is 0.000000514. The number of anilines is 1. The van der Waals surface area contributed by atoms with E-state index in [0.29, 0.717) is 6.04 Å². The van der Waals surface area contributed by atoms with Crippen LogP contribution in [0.5, 0.6) is 0 Å². The van der Waals surface area contributed by atoms with Gasteiger partial charge in [0.15, 0.2) is 5.76 Å². The molecule has 0 radical (unpaired) electrons. The Morgan fingerprint density at radius 3 is 2.76 bits per heavy atom. The second-order valence-electron chi connectivity index (χ2n) is 4.13. The van der Waals surface area contributed by atoms with Gasteiger partial charge in [-0.1, -0.05) is 31.6 Å². The van der Waals surface area contributed by atoms with Crippen molar-refractivity contribution in [3.63, 3.8) is 0 Å². The fraction of sp³-hybridized carbons (Fsp3) is 0.333. The molecule has 0 fully saturated rings. The molecule has 0 saturated carbocycles. The SMILES string of the molecule is CC.Cc1ccc2oc3c(c2c1)NC(C)C=C3. The molecule has 2 aromatic rings. The van der Waals surface area contributed by atoms with Crippen LogP contribution in [0.2, 0.25) is 0 Å². The van der Waals surface area contributed by atoms with Gasteiger partial charge in [-0.15, -0.1) is 0 Å². The van der Waals surface area contributed by atoms with Crippen LogP contribution in [0.4, 0.5) is 5.69 Å². The van der Waals surface area contributed by atoms with Gasteiger partial charge >= 0.3 is 0 Å². The quantitative estimate of drug-likeness (QED) is 0.714. The van der Waals surface area contributed by atoms with Crippen LogP contribution < -0.4 is 5.32 Å². The molecule has 0 spiro atoms. The summed E-state index contributed by atoms with van der Waals surface area (Å²) in [6.45, 7) is 8.23. The van der Waals surface area contributed by atoms with E-state index in [1.165, 1.54) is 10.9 Å². The Labute approximate surface area is 102 Å². The molecule has 2 heterocycles. The van der Waals surface area contributed by atoms with Gasteiger partial charge in [-0.3, -0.25) is 0 Å². The first kappa shape index (κ1) is 11.8. The topological polar surface area (TPSA) is 25.2 Å². The molecule has 2 heteroatoms. The van der Waals surface area contributed by atoms with E-state index in [9.17, 15) is 0 Å². The number of hydrogen-bond acceptors (Lipinski definition) is 2. The number of aryl methyl sites for hydroxylation is 1. The standard InChI is InChI=1S/C13H13NO.C2H6/c1-8-3-5-11-10(7-8)13-12(15-11)6-4-9(2)14-13;1-2/h3-7,9,14H,1-2H3;1-2H3. The van der Waals surface area contributed by atoms with Crippen LogP contribution in [0.3, 0.4) is 0 Å². The highest BCUT2D eigenvalue weighted by molar-refractivity contribution is 5.96. The first-order chi connectivity index (χ1) is 8.24. The van der Waals surface area contributed by atoms with E-state index >= 15 is 0 Å². The normalized spacial score (nSPS) is 17.1. The van der Waals surface area contributed by atoms with Crippen molar-refractivity contribution in [1.82, 2.24) is 0 Å². The highest BCUT2D eigenvalue weighted by Crippen LogP contribution is 2.35. The van der Waals surface area contributed by atoms with Crippen LogP contribution in [0.1, 0.15) is 32.1 Å². The van der Waals surface area contributed by atoms with Crippen LogP contribution in [0, 0.1) is 6.92 Å². The Hall–Kier alpha value is -1.70. The summed E-state index contributed by atoms with van der Waals surface area (Å²) in [7, 11) is 0.